The van der Waals surface area contributed by atoms with Gasteiger partial charge in [0, 0.05) is 0 Å². The van der Waals surface area contributed by atoms with Crippen molar-refractivity contribution < 1.29 is 28.5 Å². The van der Waals surface area contributed by atoms with Gasteiger partial charge in [-0.25, -0.2) is 9.59 Å². The predicted molar refractivity (Wildman–Crippen MR) is 54.2 cm³/mol. The van der Waals surface area contributed by atoms with Gasteiger partial charge in [0.15, 0.2) is 5.57 Å². The lowest BCUT2D eigenvalue weighted by molar-refractivity contribution is -0.140. The molecule has 0 aromatic rings. The smallest absolute Gasteiger partial charge is 0.346 e. The molecule has 0 atom stereocenters. The van der Waals surface area contributed by atoms with Gasteiger partial charge in [0.1, 0.15) is 0 Å². The molecule has 16 heavy (non-hydrogen) atoms. The number of hydrogen-bond donors (Lipinski definition) is 0. The third-order valence-corrected chi connectivity index (χ3v) is 1.70. The number of esters is 2. The molecule has 0 rings (SSSR count). The molecule has 0 radical (unpaired) electrons. The van der Waals surface area contributed by atoms with Crippen LogP contribution < -0.4 is 0 Å². The maximum absolute atomic E-state index is 11.4. The van der Waals surface area contributed by atoms with E-state index < -0.39 is 11.9 Å². The van der Waals surface area contributed by atoms with Gasteiger partial charge in [0.05, 0.1) is 34.0 Å². The second-order valence-electron chi connectivity index (χ2n) is 2.53. The van der Waals surface area contributed by atoms with E-state index in [1.807, 2.05) is 0 Å². The Hall–Kier alpha value is -1.98. The Balaban J connectivity index is 5.42. The molecule has 0 aliphatic heterocycles. The Kier molecular flexibility index (Phi) is 5.69. The second kappa shape index (κ2) is 6.49. The van der Waals surface area contributed by atoms with Crippen molar-refractivity contribution in [1.82, 2.24) is 0 Å². The first kappa shape index (κ1) is 14.0. The molecular formula is C10H14O6. The number of methoxy groups -OCH3 is 4. The van der Waals surface area contributed by atoms with Crippen LogP contribution in [0.1, 0.15) is 0 Å². The molecule has 0 aromatic carbocycles. The Bertz CT molecular complexity index is 322. The van der Waals surface area contributed by atoms with Gasteiger partial charge in [-0.3, -0.25) is 0 Å². The van der Waals surface area contributed by atoms with E-state index >= 15 is 0 Å². The molecular weight excluding hydrogens is 216 g/mol. The topological polar surface area (TPSA) is 71.1 Å². The van der Waals surface area contributed by atoms with Crippen molar-refractivity contribution in [3.05, 3.63) is 23.7 Å². The van der Waals surface area contributed by atoms with Crippen molar-refractivity contribution in [2.75, 3.05) is 28.4 Å². The summed E-state index contributed by atoms with van der Waals surface area (Å²) in [6, 6.07) is 0. The van der Waals surface area contributed by atoms with Crippen LogP contribution in [-0.2, 0) is 28.5 Å². The molecule has 0 aromatic heterocycles. The fraction of sp³-hybridized carbons (Fsp3) is 0.400. The van der Waals surface area contributed by atoms with Gasteiger partial charge in [0.2, 0.25) is 0 Å². The van der Waals surface area contributed by atoms with E-state index in [4.69, 9.17) is 9.47 Å². The summed E-state index contributed by atoms with van der Waals surface area (Å²) in [7, 11) is 4.90. The van der Waals surface area contributed by atoms with Crippen LogP contribution in [0, 0.1) is 0 Å². The Morgan fingerprint density at radius 3 is 1.56 bits per heavy atom. The second-order valence-corrected chi connectivity index (χ2v) is 2.53. The summed E-state index contributed by atoms with van der Waals surface area (Å²) in [4.78, 5) is 22.7. The number of hydrogen-bond acceptors (Lipinski definition) is 6. The van der Waals surface area contributed by atoms with E-state index in [0.29, 0.717) is 0 Å². The number of ether oxygens (including phenoxy) is 4. The van der Waals surface area contributed by atoms with Crippen molar-refractivity contribution in [1.29, 1.82) is 0 Å². The fourth-order valence-corrected chi connectivity index (χ4v) is 0.945. The molecule has 0 spiro atoms. The highest BCUT2D eigenvalue weighted by Crippen LogP contribution is 2.17. The predicted octanol–water partition coefficient (Wildman–Crippen LogP) is 0.393. The Morgan fingerprint density at radius 2 is 1.25 bits per heavy atom. The minimum Gasteiger partial charge on any atom is -0.468 e. The van der Waals surface area contributed by atoms with E-state index in [2.05, 4.69) is 16.1 Å². The van der Waals surface area contributed by atoms with Crippen LogP contribution in [0.3, 0.4) is 0 Å². The number of carbonyl (C=O) groups excluding carboxylic acids is 2. The van der Waals surface area contributed by atoms with Gasteiger partial charge >= 0.3 is 11.9 Å². The summed E-state index contributed by atoms with van der Waals surface area (Å²) in [6.07, 6.45) is 0. The quantitative estimate of drug-likeness (QED) is 0.294. The lowest BCUT2D eigenvalue weighted by Gasteiger charge is -2.11. The summed E-state index contributed by atoms with van der Waals surface area (Å²) in [5.74, 6) is -1.73. The number of rotatable bonds is 5. The fourth-order valence-electron chi connectivity index (χ4n) is 0.945. The summed E-state index contributed by atoms with van der Waals surface area (Å²) in [6.45, 7) is 3.42. The highest BCUT2D eigenvalue weighted by Gasteiger charge is 2.26. The van der Waals surface area contributed by atoms with Crippen LogP contribution in [0.25, 0.3) is 0 Å². The first-order chi connectivity index (χ1) is 7.53. The zero-order valence-electron chi connectivity index (χ0n) is 9.66. The zero-order chi connectivity index (χ0) is 12.7. The summed E-state index contributed by atoms with van der Waals surface area (Å²) >= 11 is 0. The molecule has 0 saturated heterocycles. The normalized spacial score (nSPS) is 8.75. The third-order valence-electron chi connectivity index (χ3n) is 1.70. The van der Waals surface area contributed by atoms with E-state index in [1.54, 1.807) is 0 Å². The first-order valence-electron chi connectivity index (χ1n) is 4.21. The average Bonchev–Trinajstić information content (AvgIpc) is 2.32. The van der Waals surface area contributed by atoms with Crippen molar-refractivity contribution in [2.45, 2.75) is 0 Å². The molecule has 0 aliphatic rings. The molecule has 0 amide bonds. The maximum Gasteiger partial charge on any atom is 0.346 e. The molecule has 0 heterocycles. The summed E-state index contributed by atoms with van der Waals surface area (Å²) < 4.78 is 18.5. The van der Waals surface area contributed by atoms with Crippen molar-refractivity contribution in [3.8, 4) is 0 Å². The molecule has 6 nitrogen and oxygen atoms in total. The third kappa shape index (κ3) is 3.01. The standard InChI is InChI=1S/C10H14O6/c1-6(8(11)13-2)7(9(12)14-3)10(15-4)16-5/h1H2,2-5H3. The Morgan fingerprint density at radius 1 is 0.812 bits per heavy atom. The van der Waals surface area contributed by atoms with E-state index in [-0.39, 0.29) is 17.1 Å². The highest BCUT2D eigenvalue weighted by atomic mass is 16.7. The van der Waals surface area contributed by atoms with Crippen molar-refractivity contribution in [2.24, 2.45) is 0 Å². The van der Waals surface area contributed by atoms with Crippen LogP contribution in [0.5, 0.6) is 0 Å². The molecule has 6 heteroatoms. The molecule has 0 N–H and O–H groups in total. The lowest BCUT2D eigenvalue weighted by Crippen LogP contribution is -2.17. The SMILES string of the molecule is C=C(C(=O)OC)C(C(=O)OC)=C(OC)OC. The van der Waals surface area contributed by atoms with Crippen LogP contribution in [0.2, 0.25) is 0 Å². The van der Waals surface area contributed by atoms with Gasteiger partial charge in [-0.2, -0.15) is 0 Å². The summed E-state index contributed by atoms with van der Waals surface area (Å²) in [5, 5.41) is 0. The average molecular weight is 230 g/mol. The monoisotopic (exact) mass is 230 g/mol. The van der Waals surface area contributed by atoms with Gasteiger partial charge in [-0.15, -0.1) is 0 Å². The minimum atomic E-state index is -0.797. The lowest BCUT2D eigenvalue weighted by atomic mass is 10.1. The van der Waals surface area contributed by atoms with Crippen LogP contribution in [-0.4, -0.2) is 40.4 Å². The first-order valence-corrected chi connectivity index (χ1v) is 4.21. The van der Waals surface area contributed by atoms with Gasteiger partial charge < -0.3 is 18.9 Å². The van der Waals surface area contributed by atoms with Crippen LogP contribution in [0.4, 0.5) is 0 Å². The van der Waals surface area contributed by atoms with Gasteiger partial charge in [-0.05, 0) is 0 Å². The number of carbonyl (C=O) groups is 2. The largest absolute Gasteiger partial charge is 0.468 e. The van der Waals surface area contributed by atoms with E-state index in [0.717, 1.165) is 7.11 Å². The van der Waals surface area contributed by atoms with E-state index in [9.17, 15) is 9.59 Å². The highest BCUT2D eigenvalue weighted by molar-refractivity contribution is 6.06. The maximum atomic E-state index is 11.4. The molecule has 0 bridgehead atoms. The van der Waals surface area contributed by atoms with Crippen LogP contribution >= 0.6 is 0 Å². The Labute approximate surface area is 93.4 Å². The van der Waals surface area contributed by atoms with Crippen LogP contribution in [0.15, 0.2) is 23.7 Å². The molecule has 0 saturated carbocycles. The zero-order valence-corrected chi connectivity index (χ0v) is 9.66. The summed E-state index contributed by atoms with van der Waals surface area (Å²) in [5.41, 5.74) is -0.410. The molecule has 90 valence electrons. The molecule has 0 unspecified atom stereocenters. The molecule has 0 fully saturated rings. The van der Waals surface area contributed by atoms with Gasteiger partial charge in [0.25, 0.3) is 5.95 Å². The molecule has 0 aliphatic carbocycles. The van der Waals surface area contributed by atoms with Gasteiger partial charge in [-0.1, -0.05) is 6.58 Å². The minimum absolute atomic E-state index is 0.165. The van der Waals surface area contributed by atoms with Crippen molar-refractivity contribution in [3.63, 3.8) is 0 Å². The van der Waals surface area contributed by atoms with E-state index in [1.165, 1.54) is 21.3 Å². The van der Waals surface area contributed by atoms with Crippen molar-refractivity contribution >= 4 is 11.9 Å².